The van der Waals surface area contributed by atoms with Crippen molar-refractivity contribution in [3.05, 3.63) is 69.0 Å². The van der Waals surface area contributed by atoms with Gasteiger partial charge in [-0.3, -0.25) is 9.88 Å². The average molecular weight is 451 g/mol. The lowest BCUT2D eigenvalue weighted by atomic mass is 9.93. The second-order valence-corrected chi connectivity index (χ2v) is 8.65. The summed E-state index contributed by atoms with van der Waals surface area (Å²) >= 11 is 6.19. The van der Waals surface area contributed by atoms with Gasteiger partial charge >= 0.3 is 6.18 Å². The number of alkyl halides is 3. The van der Waals surface area contributed by atoms with Gasteiger partial charge in [-0.25, -0.2) is 0 Å². The Morgan fingerprint density at radius 2 is 2.03 bits per heavy atom. The number of hydrogen-bond acceptors (Lipinski definition) is 3. The summed E-state index contributed by atoms with van der Waals surface area (Å²) in [4.78, 5) is 6.55. The van der Waals surface area contributed by atoms with E-state index in [0.717, 1.165) is 43.4 Å². The number of hydrogen-bond donors (Lipinski definition) is 1. The average Bonchev–Trinajstić information content (AvgIpc) is 3.10. The lowest BCUT2D eigenvalue weighted by Crippen LogP contribution is -2.43. The van der Waals surface area contributed by atoms with Crippen molar-refractivity contribution in [3.8, 4) is 0 Å². The molecule has 31 heavy (non-hydrogen) atoms. The zero-order valence-corrected chi connectivity index (χ0v) is 18.2. The predicted molar refractivity (Wildman–Crippen MR) is 116 cm³/mol. The summed E-state index contributed by atoms with van der Waals surface area (Å²) in [5.41, 5.74) is 5.20. The van der Waals surface area contributed by atoms with Crippen LogP contribution in [0.25, 0.3) is 5.57 Å². The molecule has 0 saturated carbocycles. The van der Waals surface area contributed by atoms with Crippen LogP contribution in [0.15, 0.2) is 35.9 Å². The van der Waals surface area contributed by atoms with E-state index in [1.807, 2.05) is 12.1 Å². The maximum atomic E-state index is 13.1. The molecule has 1 aliphatic heterocycles. The van der Waals surface area contributed by atoms with E-state index in [9.17, 15) is 18.3 Å². The van der Waals surface area contributed by atoms with Crippen LogP contribution in [0.5, 0.6) is 0 Å². The minimum Gasteiger partial charge on any atom is -0.394 e. The summed E-state index contributed by atoms with van der Waals surface area (Å²) in [6.45, 7) is 3.36. The maximum Gasteiger partial charge on any atom is 0.418 e. The molecule has 1 aliphatic carbocycles. The van der Waals surface area contributed by atoms with Crippen LogP contribution in [0.3, 0.4) is 0 Å². The Labute approximate surface area is 185 Å². The summed E-state index contributed by atoms with van der Waals surface area (Å²) in [5.74, 6) is 0. The highest BCUT2D eigenvalue weighted by atomic mass is 35.5. The highest BCUT2D eigenvalue weighted by Gasteiger charge is 2.35. The first-order chi connectivity index (χ1) is 14.8. The molecular weight excluding hydrogens is 425 g/mol. The summed E-state index contributed by atoms with van der Waals surface area (Å²) in [6, 6.07) is 8.60. The largest absolute Gasteiger partial charge is 0.418 e. The van der Waals surface area contributed by atoms with Crippen molar-refractivity contribution in [3.63, 3.8) is 0 Å². The van der Waals surface area contributed by atoms with Gasteiger partial charge in [0.15, 0.2) is 0 Å². The van der Waals surface area contributed by atoms with E-state index in [1.165, 1.54) is 28.3 Å². The SMILES string of the molecule is CCc1nc(CCCN2CCC3=C(Cc4ccc(Cl)cc43)C2CO)ccc1C(F)(F)F. The molecule has 0 fully saturated rings. The lowest BCUT2D eigenvalue weighted by Gasteiger charge is -2.36. The second kappa shape index (κ2) is 8.93. The molecule has 0 bridgehead atoms. The van der Waals surface area contributed by atoms with Crippen LogP contribution in [0, 0.1) is 0 Å². The Morgan fingerprint density at radius 3 is 2.74 bits per heavy atom. The van der Waals surface area contributed by atoms with E-state index in [1.54, 1.807) is 6.92 Å². The molecule has 3 nitrogen and oxygen atoms in total. The van der Waals surface area contributed by atoms with Gasteiger partial charge in [0, 0.05) is 17.3 Å². The molecule has 1 N–H and O–H groups in total. The number of pyridine rings is 1. The Kier molecular flexibility index (Phi) is 6.42. The third kappa shape index (κ3) is 4.52. The zero-order chi connectivity index (χ0) is 22.2. The van der Waals surface area contributed by atoms with Gasteiger partial charge in [0.25, 0.3) is 0 Å². The highest BCUT2D eigenvalue weighted by Crippen LogP contribution is 2.41. The van der Waals surface area contributed by atoms with Crippen LogP contribution < -0.4 is 0 Å². The number of halogens is 4. The lowest BCUT2D eigenvalue weighted by molar-refractivity contribution is -0.138. The van der Waals surface area contributed by atoms with Crippen molar-refractivity contribution in [1.82, 2.24) is 9.88 Å². The maximum absolute atomic E-state index is 13.1. The van der Waals surface area contributed by atoms with Crippen molar-refractivity contribution >= 4 is 17.2 Å². The Morgan fingerprint density at radius 1 is 1.23 bits per heavy atom. The van der Waals surface area contributed by atoms with E-state index in [4.69, 9.17) is 11.6 Å². The van der Waals surface area contributed by atoms with Crippen LogP contribution >= 0.6 is 11.6 Å². The van der Waals surface area contributed by atoms with Crippen molar-refractivity contribution in [1.29, 1.82) is 0 Å². The van der Waals surface area contributed by atoms with Gasteiger partial charge in [-0.2, -0.15) is 13.2 Å². The fourth-order valence-electron chi connectivity index (χ4n) is 4.88. The molecule has 0 amide bonds. The van der Waals surface area contributed by atoms with Gasteiger partial charge in [0.2, 0.25) is 0 Å². The van der Waals surface area contributed by atoms with Crippen LogP contribution in [-0.4, -0.2) is 40.7 Å². The van der Waals surface area contributed by atoms with Gasteiger partial charge in [-0.05, 0) is 85.2 Å². The van der Waals surface area contributed by atoms with E-state index < -0.39 is 11.7 Å². The summed E-state index contributed by atoms with van der Waals surface area (Å²) in [7, 11) is 0. The first kappa shape index (κ1) is 22.3. The van der Waals surface area contributed by atoms with Gasteiger partial charge < -0.3 is 5.11 Å². The first-order valence-electron chi connectivity index (χ1n) is 10.7. The van der Waals surface area contributed by atoms with Gasteiger partial charge in [0.05, 0.1) is 23.9 Å². The van der Waals surface area contributed by atoms with Crippen molar-refractivity contribution in [2.24, 2.45) is 0 Å². The van der Waals surface area contributed by atoms with Crippen molar-refractivity contribution < 1.29 is 18.3 Å². The molecule has 1 aromatic carbocycles. The number of aromatic nitrogens is 1. The minimum absolute atomic E-state index is 0.0262. The van der Waals surface area contributed by atoms with Gasteiger partial charge in [-0.1, -0.05) is 24.6 Å². The molecule has 0 saturated heterocycles. The van der Waals surface area contributed by atoms with Crippen molar-refractivity contribution in [2.75, 3.05) is 19.7 Å². The van der Waals surface area contributed by atoms with Crippen LogP contribution in [0.4, 0.5) is 13.2 Å². The smallest absolute Gasteiger partial charge is 0.394 e. The third-order valence-electron chi connectivity index (χ3n) is 6.38. The number of nitrogens with zero attached hydrogens (tertiary/aromatic N) is 2. The number of aliphatic hydroxyl groups excluding tert-OH is 1. The number of aryl methyl sites for hydroxylation is 2. The quantitative estimate of drug-likeness (QED) is 0.646. The minimum atomic E-state index is -4.37. The summed E-state index contributed by atoms with van der Waals surface area (Å²) in [6.07, 6.45) is -0.973. The Balaban J connectivity index is 1.42. The first-order valence-corrected chi connectivity index (χ1v) is 11.1. The Bertz CT molecular complexity index is 1000. The van der Waals surface area contributed by atoms with Crippen LogP contribution in [-0.2, 0) is 25.4 Å². The number of fused-ring (bicyclic) bond motifs is 2. The van der Waals surface area contributed by atoms with E-state index in [2.05, 4.69) is 16.0 Å². The van der Waals surface area contributed by atoms with Gasteiger partial charge in [0.1, 0.15) is 0 Å². The molecule has 1 aromatic heterocycles. The number of rotatable bonds is 6. The van der Waals surface area contributed by atoms with E-state index in [-0.39, 0.29) is 24.8 Å². The topological polar surface area (TPSA) is 36.4 Å². The predicted octanol–water partition coefficient (Wildman–Crippen LogP) is 5.33. The standard InChI is InChI=1S/C24H26ClF3N2O/c1-2-22-21(24(26,27)28)8-7-17(29-22)4-3-10-30-11-9-18-19-13-16(25)6-5-15(19)12-20(18)23(30)14-31/h5-8,13,23,31H,2-4,9-12,14H2,1H3. The van der Waals surface area contributed by atoms with Crippen molar-refractivity contribution in [2.45, 2.75) is 51.2 Å². The monoisotopic (exact) mass is 450 g/mol. The molecule has 1 atom stereocenters. The molecule has 2 heterocycles. The van der Waals surface area contributed by atoms with Crippen LogP contribution in [0.1, 0.15) is 47.8 Å². The number of benzene rings is 1. The zero-order valence-electron chi connectivity index (χ0n) is 17.5. The fourth-order valence-corrected chi connectivity index (χ4v) is 5.06. The Hall–Kier alpha value is -1.89. The second-order valence-electron chi connectivity index (χ2n) is 8.22. The molecule has 7 heteroatoms. The van der Waals surface area contributed by atoms with Crippen LogP contribution in [0.2, 0.25) is 5.02 Å². The molecule has 4 rings (SSSR count). The normalized spacial score (nSPS) is 19.0. The molecule has 0 spiro atoms. The molecule has 1 unspecified atom stereocenters. The summed E-state index contributed by atoms with van der Waals surface area (Å²) in [5, 5.41) is 10.8. The molecular formula is C24H26ClF3N2O. The summed E-state index contributed by atoms with van der Waals surface area (Å²) < 4.78 is 39.3. The molecule has 166 valence electrons. The third-order valence-corrected chi connectivity index (χ3v) is 6.62. The van der Waals surface area contributed by atoms with E-state index >= 15 is 0 Å². The fraction of sp³-hybridized carbons (Fsp3) is 0.458. The van der Waals surface area contributed by atoms with Gasteiger partial charge in [-0.15, -0.1) is 0 Å². The number of aliphatic hydroxyl groups is 1. The molecule has 2 aliphatic rings. The van der Waals surface area contributed by atoms with E-state index in [0.29, 0.717) is 12.1 Å². The highest BCUT2D eigenvalue weighted by molar-refractivity contribution is 6.30. The molecule has 2 aromatic rings. The molecule has 0 radical (unpaired) electrons.